The van der Waals surface area contributed by atoms with Crippen molar-refractivity contribution in [2.24, 2.45) is 5.10 Å². The van der Waals surface area contributed by atoms with Gasteiger partial charge in [0.15, 0.2) is 0 Å². The van der Waals surface area contributed by atoms with Crippen molar-refractivity contribution in [3.05, 3.63) is 94.1 Å². The molecule has 0 atom stereocenters. The highest BCUT2D eigenvalue weighted by molar-refractivity contribution is 14.1. The Morgan fingerprint density at radius 1 is 1.10 bits per heavy atom. The number of ether oxygens (including phenoxy) is 1. The van der Waals surface area contributed by atoms with Crippen LogP contribution < -0.4 is 10.2 Å². The molecule has 1 N–H and O–H groups in total. The molecule has 0 fully saturated rings. The molecule has 0 aliphatic heterocycles. The predicted molar refractivity (Wildman–Crippen MR) is 132 cm³/mol. The van der Waals surface area contributed by atoms with Crippen molar-refractivity contribution in [1.82, 2.24) is 0 Å². The van der Waals surface area contributed by atoms with Crippen LogP contribution in [0.1, 0.15) is 11.1 Å². The Hall–Kier alpha value is -1.92. The Bertz CT molecular complexity index is 1040. The highest BCUT2D eigenvalue weighted by Crippen LogP contribution is 2.30. The molecule has 0 bridgehead atoms. The zero-order chi connectivity index (χ0) is 20.8. The number of hydrogen-bond acceptors (Lipinski definition) is 5. The van der Waals surface area contributed by atoms with Gasteiger partial charge in [-0.05, 0) is 81.1 Å². The quantitative estimate of drug-likeness (QED) is 0.140. The number of benzene rings is 3. The fraction of sp³-hybridized carbons (Fsp3) is 0.0500. The van der Waals surface area contributed by atoms with Crippen LogP contribution in [0.3, 0.4) is 0 Å². The number of nitro groups is 1. The van der Waals surface area contributed by atoms with Crippen LogP contribution in [-0.2, 0) is 6.61 Å². The van der Waals surface area contributed by atoms with E-state index >= 15 is 0 Å². The second-order valence-corrected chi connectivity index (χ2v) is 8.60. The molecule has 0 aliphatic rings. The van der Waals surface area contributed by atoms with Crippen LogP contribution in [0.2, 0.25) is 5.02 Å². The maximum atomic E-state index is 10.7. The van der Waals surface area contributed by atoms with E-state index < -0.39 is 4.92 Å². The Kier molecular flexibility index (Phi) is 7.67. The van der Waals surface area contributed by atoms with E-state index in [4.69, 9.17) is 16.3 Å². The molecule has 0 aromatic heterocycles. The van der Waals surface area contributed by atoms with Gasteiger partial charge in [-0.3, -0.25) is 15.5 Å². The van der Waals surface area contributed by atoms with Crippen molar-refractivity contribution in [3.63, 3.8) is 0 Å². The van der Waals surface area contributed by atoms with Crippen molar-refractivity contribution < 1.29 is 9.66 Å². The zero-order valence-corrected chi connectivity index (χ0v) is 19.9. The third-order valence-electron chi connectivity index (χ3n) is 3.84. The summed E-state index contributed by atoms with van der Waals surface area (Å²) < 4.78 is 7.89. The second-order valence-electron chi connectivity index (χ2n) is 5.87. The van der Waals surface area contributed by atoms with Crippen LogP contribution in [0.25, 0.3) is 0 Å². The van der Waals surface area contributed by atoms with Crippen LogP contribution >= 0.6 is 56.8 Å². The number of nitro benzene ring substituents is 1. The molecular formula is C20H14ClI2N3O3. The molecule has 0 spiro atoms. The third-order valence-corrected chi connectivity index (χ3v) is 5.81. The maximum Gasteiger partial charge on any atom is 0.269 e. The van der Waals surface area contributed by atoms with Crippen LogP contribution in [-0.4, -0.2) is 11.1 Å². The van der Waals surface area contributed by atoms with E-state index in [1.807, 2.05) is 36.4 Å². The minimum absolute atomic E-state index is 0.0380. The van der Waals surface area contributed by atoms with Crippen LogP contribution in [0, 0.1) is 17.3 Å². The third kappa shape index (κ3) is 6.03. The SMILES string of the molecule is O=[N+]([O-])c1ccc(N/N=C/c2cc(I)c(OCc3ccccc3Cl)c(I)c2)cc1. The number of rotatable bonds is 7. The summed E-state index contributed by atoms with van der Waals surface area (Å²) in [5, 5.41) is 15.6. The molecule has 0 saturated heterocycles. The fourth-order valence-electron chi connectivity index (χ4n) is 2.40. The van der Waals surface area contributed by atoms with Gasteiger partial charge in [0, 0.05) is 22.7 Å². The summed E-state index contributed by atoms with van der Waals surface area (Å²) in [5.41, 5.74) is 5.39. The lowest BCUT2D eigenvalue weighted by Gasteiger charge is -2.12. The lowest BCUT2D eigenvalue weighted by Crippen LogP contribution is -2.01. The summed E-state index contributed by atoms with van der Waals surface area (Å²) in [6, 6.07) is 17.6. The molecule has 3 aromatic carbocycles. The molecule has 6 nitrogen and oxygen atoms in total. The maximum absolute atomic E-state index is 10.7. The molecular weight excluding hydrogens is 619 g/mol. The average molecular weight is 634 g/mol. The van der Waals surface area contributed by atoms with E-state index in [0.29, 0.717) is 17.3 Å². The number of nitrogens with one attached hydrogen (secondary N) is 1. The molecule has 0 unspecified atom stereocenters. The fourth-order valence-corrected chi connectivity index (χ4v) is 4.71. The van der Waals surface area contributed by atoms with Crippen LogP contribution in [0.4, 0.5) is 11.4 Å². The van der Waals surface area contributed by atoms with Crippen molar-refractivity contribution in [1.29, 1.82) is 0 Å². The average Bonchev–Trinajstić information content (AvgIpc) is 2.69. The molecule has 9 heteroatoms. The van der Waals surface area contributed by atoms with Gasteiger partial charge in [0.05, 0.1) is 24.0 Å². The van der Waals surface area contributed by atoms with Crippen molar-refractivity contribution in [2.75, 3.05) is 5.43 Å². The standard InChI is InChI=1S/C20H14ClI2N3O3/c21-17-4-2-1-3-14(17)12-29-20-18(22)9-13(10-19(20)23)11-24-25-15-5-7-16(8-6-15)26(27)28/h1-11,25H,12H2/b24-11+. The highest BCUT2D eigenvalue weighted by Gasteiger charge is 2.10. The Balaban J connectivity index is 1.66. The second kappa shape index (κ2) is 10.2. The van der Waals surface area contributed by atoms with Gasteiger partial charge in [-0.2, -0.15) is 5.10 Å². The van der Waals surface area contributed by atoms with Gasteiger partial charge in [0.2, 0.25) is 0 Å². The molecule has 0 radical (unpaired) electrons. The smallest absolute Gasteiger partial charge is 0.269 e. The highest BCUT2D eigenvalue weighted by atomic mass is 127. The molecule has 0 saturated carbocycles. The first-order chi connectivity index (χ1) is 13.9. The number of halogens is 3. The van der Waals surface area contributed by atoms with E-state index in [1.54, 1.807) is 18.3 Å². The van der Waals surface area contributed by atoms with Gasteiger partial charge >= 0.3 is 0 Å². The molecule has 29 heavy (non-hydrogen) atoms. The van der Waals surface area contributed by atoms with Crippen molar-refractivity contribution >= 4 is 74.4 Å². The van der Waals surface area contributed by atoms with E-state index in [2.05, 4.69) is 55.7 Å². The van der Waals surface area contributed by atoms with Gasteiger partial charge in [0.25, 0.3) is 5.69 Å². The lowest BCUT2D eigenvalue weighted by molar-refractivity contribution is -0.384. The number of hydrazone groups is 1. The summed E-state index contributed by atoms with van der Waals surface area (Å²) in [5.74, 6) is 0.798. The molecule has 3 aromatic rings. The van der Waals surface area contributed by atoms with Crippen molar-refractivity contribution in [2.45, 2.75) is 6.61 Å². The Morgan fingerprint density at radius 2 is 1.76 bits per heavy atom. The monoisotopic (exact) mass is 633 g/mol. The first-order valence-electron chi connectivity index (χ1n) is 8.33. The number of nitrogens with zero attached hydrogens (tertiary/aromatic N) is 2. The number of non-ortho nitro benzene ring substituents is 1. The summed E-state index contributed by atoms with van der Waals surface area (Å²) in [7, 11) is 0. The van der Waals surface area contributed by atoms with E-state index in [1.165, 1.54) is 12.1 Å². The molecule has 0 heterocycles. The van der Waals surface area contributed by atoms with Gasteiger partial charge in [-0.1, -0.05) is 29.8 Å². The summed E-state index contributed by atoms with van der Waals surface area (Å²) >= 11 is 10.6. The molecule has 148 valence electrons. The number of hydrogen-bond donors (Lipinski definition) is 1. The summed E-state index contributed by atoms with van der Waals surface area (Å²) in [4.78, 5) is 10.2. The lowest BCUT2D eigenvalue weighted by atomic mass is 10.2. The minimum atomic E-state index is -0.438. The van der Waals surface area contributed by atoms with E-state index in [0.717, 1.165) is 24.0 Å². The Morgan fingerprint density at radius 3 is 2.38 bits per heavy atom. The summed E-state index contributed by atoms with van der Waals surface area (Å²) in [6.45, 7) is 0.390. The minimum Gasteiger partial charge on any atom is -0.487 e. The topological polar surface area (TPSA) is 76.8 Å². The predicted octanol–water partition coefficient (Wildman–Crippen LogP) is 6.48. The van der Waals surface area contributed by atoms with Gasteiger partial charge < -0.3 is 4.74 Å². The van der Waals surface area contributed by atoms with Gasteiger partial charge in [-0.25, -0.2) is 0 Å². The van der Waals surface area contributed by atoms with Gasteiger partial charge in [-0.15, -0.1) is 0 Å². The Labute approximate surface area is 199 Å². The van der Waals surface area contributed by atoms with E-state index in [9.17, 15) is 10.1 Å². The summed E-state index contributed by atoms with van der Waals surface area (Å²) in [6.07, 6.45) is 1.68. The van der Waals surface area contributed by atoms with Gasteiger partial charge in [0.1, 0.15) is 12.4 Å². The number of anilines is 1. The van der Waals surface area contributed by atoms with E-state index in [-0.39, 0.29) is 5.69 Å². The van der Waals surface area contributed by atoms with Crippen molar-refractivity contribution in [3.8, 4) is 5.75 Å². The normalized spacial score (nSPS) is 10.9. The first-order valence-corrected chi connectivity index (χ1v) is 10.9. The zero-order valence-electron chi connectivity index (χ0n) is 14.8. The molecule has 0 amide bonds. The first kappa shape index (κ1) is 21.8. The largest absolute Gasteiger partial charge is 0.487 e. The molecule has 0 aliphatic carbocycles. The molecule has 3 rings (SSSR count). The van der Waals surface area contributed by atoms with Crippen LogP contribution in [0.5, 0.6) is 5.75 Å². The van der Waals surface area contributed by atoms with Crippen LogP contribution in [0.15, 0.2) is 65.8 Å².